The summed E-state index contributed by atoms with van der Waals surface area (Å²) < 4.78 is 5.70. The third-order valence-electron chi connectivity index (χ3n) is 4.85. The molecule has 0 spiro atoms. The number of nitro groups is 1. The van der Waals surface area contributed by atoms with Crippen molar-refractivity contribution in [1.82, 2.24) is 5.32 Å². The molecule has 1 aromatic heterocycles. The van der Waals surface area contributed by atoms with E-state index in [0.29, 0.717) is 16.3 Å². The van der Waals surface area contributed by atoms with E-state index in [9.17, 15) is 19.7 Å². The molecule has 2 amide bonds. The lowest BCUT2D eigenvalue weighted by atomic mass is 10.1. The van der Waals surface area contributed by atoms with Crippen molar-refractivity contribution < 1.29 is 18.9 Å². The summed E-state index contributed by atoms with van der Waals surface area (Å²) in [4.78, 5) is 37.3. The Morgan fingerprint density at radius 1 is 1.09 bits per heavy atom. The van der Waals surface area contributed by atoms with Crippen LogP contribution in [0.1, 0.15) is 11.3 Å². The van der Waals surface area contributed by atoms with Crippen LogP contribution < -0.4 is 10.2 Å². The van der Waals surface area contributed by atoms with Crippen LogP contribution in [0.25, 0.3) is 17.4 Å². The Morgan fingerprint density at radius 2 is 1.85 bits per heavy atom. The summed E-state index contributed by atoms with van der Waals surface area (Å²) in [5, 5.41) is 14.2. The maximum Gasteiger partial charge on any atom is 0.270 e. The van der Waals surface area contributed by atoms with Gasteiger partial charge < -0.3 is 4.42 Å². The molecule has 8 nitrogen and oxygen atoms in total. The van der Waals surface area contributed by atoms with Gasteiger partial charge in [-0.1, -0.05) is 29.3 Å². The van der Waals surface area contributed by atoms with Gasteiger partial charge in [0, 0.05) is 22.7 Å². The van der Waals surface area contributed by atoms with E-state index in [1.54, 1.807) is 18.2 Å². The van der Waals surface area contributed by atoms with E-state index in [1.807, 2.05) is 6.92 Å². The molecule has 0 aliphatic carbocycles. The molecule has 1 saturated heterocycles. The van der Waals surface area contributed by atoms with Gasteiger partial charge in [0.05, 0.1) is 15.6 Å². The van der Waals surface area contributed by atoms with E-state index < -0.39 is 16.7 Å². The molecular weight excluding hydrogens is 489 g/mol. The number of thiocarbonyl (C=S) groups is 1. The van der Waals surface area contributed by atoms with E-state index in [-0.39, 0.29) is 32.9 Å². The Morgan fingerprint density at radius 3 is 2.55 bits per heavy atom. The van der Waals surface area contributed by atoms with Crippen molar-refractivity contribution in [3.8, 4) is 11.3 Å². The van der Waals surface area contributed by atoms with Crippen molar-refractivity contribution >= 4 is 69.8 Å². The summed E-state index contributed by atoms with van der Waals surface area (Å²) in [7, 11) is 0. The van der Waals surface area contributed by atoms with Gasteiger partial charge >= 0.3 is 0 Å². The Bertz CT molecular complexity index is 1380. The second-order valence-electron chi connectivity index (χ2n) is 7.01. The molecule has 4 rings (SSSR count). The number of anilines is 1. The first-order chi connectivity index (χ1) is 15.7. The van der Waals surface area contributed by atoms with Crippen LogP contribution in [0, 0.1) is 17.0 Å². The fraction of sp³-hybridized carbons (Fsp3) is 0.0455. The molecule has 0 unspecified atom stereocenters. The normalized spacial score (nSPS) is 15.2. The highest BCUT2D eigenvalue weighted by atomic mass is 35.5. The molecule has 0 atom stereocenters. The summed E-state index contributed by atoms with van der Waals surface area (Å²) in [6.45, 7) is 1.82. The number of benzene rings is 2. The van der Waals surface area contributed by atoms with Crippen LogP contribution in [0.15, 0.2) is 58.5 Å². The van der Waals surface area contributed by atoms with Gasteiger partial charge in [-0.05, 0) is 61.1 Å². The Hall–Kier alpha value is -3.53. The monoisotopic (exact) mass is 501 g/mol. The molecular formula is C22H13Cl2N3O5S. The molecule has 11 heteroatoms. The number of non-ortho nitro benzene ring substituents is 1. The van der Waals surface area contributed by atoms with Gasteiger partial charge in [0.25, 0.3) is 17.5 Å². The van der Waals surface area contributed by atoms with E-state index in [0.717, 1.165) is 10.5 Å². The van der Waals surface area contributed by atoms with Crippen LogP contribution in [-0.4, -0.2) is 21.9 Å². The average Bonchev–Trinajstić information content (AvgIpc) is 3.22. The van der Waals surface area contributed by atoms with Gasteiger partial charge in [0.2, 0.25) is 0 Å². The lowest BCUT2D eigenvalue weighted by Gasteiger charge is -2.29. The molecule has 0 bridgehead atoms. The minimum atomic E-state index is -0.689. The lowest BCUT2D eigenvalue weighted by molar-refractivity contribution is -0.384. The smallest absolute Gasteiger partial charge is 0.270 e. The fourth-order valence-electron chi connectivity index (χ4n) is 3.15. The van der Waals surface area contributed by atoms with E-state index >= 15 is 0 Å². The summed E-state index contributed by atoms with van der Waals surface area (Å²) in [5.74, 6) is -0.946. The van der Waals surface area contributed by atoms with Crippen LogP contribution >= 0.6 is 35.4 Å². The van der Waals surface area contributed by atoms with Gasteiger partial charge in [0.1, 0.15) is 17.1 Å². The second kappa shape index (κ2) is 8.78. The summed E-state index contributed by atoms with van der Waals surface area (Å²) in [5.41, 5.74) is 1.14. The zero-order valence-corrected chi connectivity index (χ0v) is 19.1. The van der Waals surface area contributed by atoms with Gasteiger partial charge in [0.15, 0.2) is 5.11 Å². The number of nitrogens with one attached hydrogen (secondary N) is 1. The number of rotatable bonds is 4. The van der Waals surface area contributed by atoms with Gasteiger partial charge in [-0.2, -0.15) is 0 Å². The first-order valence-electron chi connectivity index (χ1n) is 9.37. The Balaban J connectivity index is 1.70. The molecule has 3 aromatic rings. The number of aryl methyl sites for hydroxylation is 1. The van der Waals surface area contributed by atoms with Crippen LogP contribution in [0.5, 0.6) is 0 Å². The molecule has 1 N–H and O–H groups in total. The zero-order valence-electron chi connectivity index (χ0n) is 16.8. The molecule has 1 fully saturated rings. The van der Waals surface area contributed by atoms with Crippen LogP contribution in [0.2, 0.25) is 10.0 Å². The number of carbonyl (C=O) groups excluding carboxylic acids is 2. The SMILES string of the molecule is Cc1ccc(N2C(=O)/C(=C/c3ccc(-c4cc([N+](=O)[O-])ccc4Cl)o3)C(=O)NC2=S)cc1Cl. The van der Waals surface area contributed by atoms with Gasteiger partial charge in [-0.15, -0.1) is 0 Å². The summed E-state index contributed by atoms with van der Waals surface area (Å²) in [6.07, 6.45) is 1.26. The summed E-state index contributed by atoms with van der Waals surface area (Å²) >= 11 is 17.5. The van der Waals surface area contributed by atoms with Gasteiger partial charge in [-0.25, -0.2) is 0 Å². The number of hydrogen-bond donors (Lipinski definition) is 1. The molecule has 2 heterocycles. The molecule has 1 aliphatic rings. The zero-order chi connectivity index (χ0) is 23.9. The number of nitrogens with zero attached hydrogens (tertiary/aromatic N) is 2. The molecule has 33 heavy (non-hydrogen) atoms. The quantitative estimate of drug-likeness (QED) is 0.171. The molecule has 0 saturated carbocycles. The second-order valence-corrected chi connectivity index (χ2v) is 8.22. The highest BCUT2D eigenvalue weighted by Gasteiger charge is 2.35. The topological polar surface area (TPSA) is 106 Å². The first kappa shape index (κ1) is 22.7. The first-order valence-corrected chi connectivity index (χ1v) is 10.5. The third-order valence-corrected chi connectivity index (χ3v) is 5.88. The molecule has 166 valence electrons. The number of halogens is 2. The number of furan rings is 1. The maximum absolute atomic E-state index is 13.1. The van der Waals surface area contributed by atoms with E-state index in [1.165, 1.54) is 36.4 Å². The number of hydrogen-bond acceptors (Lipinski definition) is 6. The maximum atomic E-state index is 13.1. The molecule has 1 aliphatic heterocycles. The number of amides is 2. The largest absolute Gasteiger partial charge is 0.457 e. The van der Waals surface area contributed by atoms with Crippen LogP contribution in [-0.2, 0) is 9.59 Å². The van der Waals surface area contributed by atoms with Crippen molar-refractivity contribution in [2.45, 2.75) is 6.92 Å². The van der Waals surface area contributed by atoms with Crippen molar-refractivity contribution in [1.29, 1.82) is 0 Å². The number of nitro benzene ring substituents is 1. The van der Waals surface area contributed by atoms with Crippen molar-refractivity contribution in [2.75, 3.05) is 4.90 Å². The predicted molar refractivity (Wildman–Crippen MR) is 128 cm³/mol. The van der Waals surface area contributed by atoms with Crippen molar-refractivity contribution in [2.24, 2.45) is 0 Å². The van der Waals surface area contributed by atoms with Gasteiger partial charge in [-0.3, -0.25) is 29.9 Å². The Labute approximate surface area is 202 Å². The van der Waals surface area contributed by atoms with Crippen LogP contribution in [0.3, 0.4) is 0 Å². The number of carbonyl (C=O) groups is 2. The Kier molecular flexibility index (Phi) is 6.03. The third kappa shape index (κ3) is 4.38. The molecule has 2 aromatic carbocycles. The fourth-order valence-corrected chi connectivity index (χ4v) is 3.81. The molecule has 0 radical (unpaired) electrons. The average molecular weight is 502 g/mol. The van der Waals surface area contributed by atoms with E-state index in [2.05, 4.69) is 5.32 Å². The van der Waals surface area contributed by atoms with Crippen molar-refractivity contribution in [3.05, 3.63) is 85.6 Å². The van der Waals surface area contributed by atoms with E-state index in [4.69, 9.17) is 39.8 Å². The standard InChI is InChI=1S/C22H13Cl2N3O5S/c1-11-2-3-12(9-18(11)24)26-21(29)16(20(28)25-22(26)33)10-14-5-7-19(32-14)15-8-13(27(30)31)4-6-17(15)23/h2-10H,1H3,(H,25,28,33)/b16-10+. The van der Waals surface area contributed by atoms with Crippen LogP contribution in [0.4, 0.5) is 11.4 Å². The highest BCUT2D eigenvalue weighted by Crippen LogP contribution is 2.33. The van der Waals surface area contributed by atoms with Crippen molar-refractivity contribution in [3.63, 3.8) is 0 Å². The minimum Gasteiger partial charge on any atom is -0.457 e. The minimum absolute atomic E-state index is 0.0782. The summed E-state index contributed by atoms with van der Waals surface area (Å²) in [6, 6.07) is 12.0. The highest BCUT2D eigenvalue weighted by molar-refractivity contribution is 7.80. The lowest BCUT2D eigenvalue weighted by Crippen LogP contribution is -2.54. The predicted octanol–water partition coefficient (Wildman–Crippen LogP) is 5.30.